The molecule has 0 aliphatic heterocycles. The minimum Gasteiger partial charge on any atom is -0.370 e. The van der Waals surface area contributed by atoms with Crippen molar-refractivity contribution in [3.63, 3.8) is 0 Å². The molecule has 0 unspecified atom stereocenters. The van der Waals surface area contributed by atoms with Gasteiger partial charge in [-0.2, -0.15) is 0 Å². The Morgan fingerprint density at radius 1 is 1.20 bits per heavy atom. The van der Waals surface area contributed by atoms with Crippen LogP contribution in [0.25, 0.3) is 0 Å². The van der Waals surface area contributed by atoms with E-state index in [1.54, 1.807) is 7.11 Å². The highest BCUT2D eigenvalue weighted by molar-refractivity contribution is 9.10. The standard InChI is InChI=1S/C15H24BrN3O/c1-4-11-12(16)13(17-5-2)19-14(18-11)15(20-3)9-7-6-8-10-15/h4-10H2,1-3H3,(H,17,18,19). The molecule has 112 valence electrons. The molecule has 4 nitrogen and oxygen atoms in total. The highest BCUT2D eigenvalue weighted by Gasteiger charge is 2.37. The molecule has 0 spiro atoms. The minimum absolute atomic E-state index is 0.299. The van der Waals surface area contributed by atoms with Crippen LogP contribution in [-0.4, -0.2) is 23.6 Å². The van der Waals surface area contributed by atoms with E-state index in [1.165, 1.54) is 19.3 Å². The van der Waals surface area contributed by atoms with E-state index in [2.05, 4.69) is 35.1 Å². The Labute approximate surface area is 129 Å². The first-order valence-electron chi connectivity index (χ1n) is 7.52. The third-order valence-corrected chi connectivity index (χ3v) is 4.89. The van der Waals surface area contributed by atoms with Gasteiger partial charge in [0, 0.05) is 13.7 Å². The highest BCUT2D eigenvalue weighted by Crippen LogP contribution is 2.39. The van der Waals surface area contributed by atoms with Gasteiger partial charge in [-0.25, -0.2) is 9.97 Å². The second kappa shape index (κ2) is 6.85. The number of nitrogens with zero attached hydrogens (tertiary/aromatic N) is 2. The van der Waals surface area contributed by atoms with Crippen LogP contribution in [0.5, 0.6) is 0 Å². The largest absolute Gasteiger partial charge is 0.370 e. The van der Waals surface area contributed by atoms with Gasteiger partial charge in [-0.15, -0.1) is 0 Å². The molecule has 0 amide bonds. The Morgan fingerprint density at radius 2 is 1.90 bits per heavy atom. The van der Waals surface area contributed by atoms with Crippen LogP contribution in [-0.2, 0) is 16.8 Å². The summed E-state index contributed by atoms with van der Waals surface area (Å²) in [6.45, 7) is 5.04. The fourth-order valence-electron chi connectivity index (χ4n) is 2.86. The third kappa shape index (κ3) is 2.98. The van der Waals surface area contributed by atoms with E-state index < -0.39 is 0 Å². The van der Waals surface area contributed by atoms with Crippen LogP contribution in [0, 0.1) is 0 Å². The van der Waals surface area contributed by atoms with Crippen LogP contribution in [0.15, 0.2) is 4.47 Å². The summed E-state index contributed by atoms with van der Waals surface area (Å²) < 4.78 is 6.85. The van der Waals surface area contributed by atoms with E-state index in [-0.39, 0.29) is 5.60 Å². The lowest BCUT2D eigenvalue weighted by Crippen LogP contribution is -2.34. The number of hydrogen-bond acceptors (Lipinski definition) is 4. The zero-order chi connectivity index (χ0) is 14.6. The molecule has 0 saturated heterocycles. The van der Waals surface area contributed by atoms with Crippen molar-refractivity contribution < 1.29 is 4.74 Å². The van der Waals surface area contributed by atoms with Crippen LogP contribution in [0.3, 0.4) is 0 Å². The SMILES string of the molecule is CCNc1nc(C2(OC)CCCCC2)nc(CC)c1Br. The normalized spacial score (nSPS) is 18.0. The van der Waals surface area contributed by atoms with Gasteiger partial charge in [-0.05, 0) is 42.1 Å². The van der Waals surface area contributed by atoms with E-state index in [0.29, 0.717) is 0 Å². The molecule has 1 saturated carbocycles. The second-order valence-corrected chi connectivity index (χ2v) is 6.09. The maximum atomic E-state index is 5.87. The van der Waals surface area contributed by atoms with E-state index >= 15 is 0 Å². The van der Waals surface area contributed by atoms with Crippen molar-refractivity contribution in [3.8, 4) is 0 Å². The van der Waals surface area contributed by atoms with Gasteiger partial charge >= 0.3 is 0 Å². The zero-order valence-electron chi connectivity index (χ0n) is 12.6. The molecule has 1 aliphatic carbocycles. The molecule has 20 heavy (non-hydrogen) atoms. The Balaban J connectivity index is 2.46. The van der Waals surface area contributed by atoms with Gasteiger partial charge in [-0.3, -0.25) is 0 Å². The van der Waals surface area contributed by atoms with Gasteiger partial charge in [0.15, 0.2) is 5.82 Å². The third-order valence-electron chi connectivity index (χ3n) is 4.06. The van der Waals surface area contributed by atoms with Crippen LogP contribution in [0.4, 0.5) is 5.82 Å². The molecule has 1 heterocycles. The molecule has 1 aromatic heterocycles. The number of aromatic nitrogens is 2. The summed E-state index contributed by atoms with van der Waals surface area (Å²) in [5.74, 6) is 1.73. The Hall–Kier alpha value is -0.680. The van der Waals surface area contributed by atoms with Crippen molar-refractivity contribution in [2.75, 3.05) is 19.0 Å². The Kier molecular flexibility index (Phi) is 5.38. The number of rotatable bonds is 5. The lowest BCUT2D eigenvalue weighted by Gasteiger charge is -2.35. The van der Waals surface area contributed by atoms with Crippen molar-refractivity contribution in [3.05, 3.63) is 16.0 Å². The van der Waals surface area contributed by atoms with Gasteiger partial charge < -0.3 is 10.1 Å². The summed E-state index contributed by atoms with van der Waals surface area (Å²) in [6, 6.07) is 0. The molecule has 1 fully saturated rings. The summed E-state index contributed by atoms with van der Waals surface area (Å²) >= 11 is 3.61. The predicted molar refractivity (Wildman–Crippen MR) is 85.0 cm³/mol. The Morgan fingerprint density at radius 3 is 2.45 bits per heavy atom. The molecular weight excluding hydrogens is 318 g/mol. The average molecular weight is 342 g/mol. The molecule has 1 aromatic rings. The quantitative estimate of drug-likeness (QED) is 0.877. The fraction of sp³-hybridized carbons (Fsp3) is 0.733. The number of halogens is 1. The van der Waals surface area contributed by atoms with Crippen molar-refractivity contribution in [1.29, 1.82) is 0 Å². The van der Waals surface area contributed by atoms with E-state index in [1.807, 2.05) is 0 Å². The van der Waals surface area contributed by atoms with E-state index in [0.717, 1.165) is 47.6 Å². The van der Waals surface area contributed by atoms with Crippen molar-refractivity contribution in [2.45, 2.75) is 58.0 Å². The highest BCUT2D eigenvalue weighted by atomic mass is 79.9. The summed E-state index contributed by atoms with van der Waals surface area (Å²) in [6.07, 6.45) is 6.56. The van der Waals surface area contributed by atoms with Gasteiger partial charge in [0.2, 0.25) is 0 Å². The summed E-state index contributed by atoms with van der Waals surface area (Å²) in [7, 11) is 1.79. The van der Waals surface area contributed by atoms with Crippen LogP contribution < -0.4 is 5.32 Å². The van der Waals surface area contributed by atoms with Gasteiger partial charge in [-0.1, -0.05) is 26.2 Å². The van der Waals surface area contributed by atoms with E-state index in [4.69, 9.17) is 14.7 Å². The minimum atomic E-state index is -0.299. The lowest BCUT2D eigenvalue weighted by atomic mass is 9.84. The number of hydrogen-bond donors (Lipinski definition) is 1. The second-order valence-electron chi connectivity index (χ2n) is 5.30. The Bertz CT molecular complexity index is 459. The van der Waals surface area contributed by atoms with Crippen molar-refractivity contribution in [1.82, 2.24) is 9.97 Å². The molecule has 0 bridgehead atoms. The first-order valence-corrected chi connectivity index (χ1v) is 8.32. The fourth-order valence-corrected chi connectivity index (χ4v) is 3.46. The van der Waals surface area contributed by atoms with Crippen LogP contribution in [0.2, 0.25) is 0 Å². The smallest absolute Gasteiger partial charge is 0.162 e. The molecule has 2 rings (SSSR count). The number of nitrogens with one attached hydrogen (secondary N) is 1. The average Bonchev–Trinajstić information content (AvgIpc) is 2.50. The van der Waals surface area contributed by atoms with Crippen LogP contribution in [0.1, 0.15) is 57.5 Å². The maximum Gasteiger partial charge on any atom is 0.162 e. The monoisotopic (exact) mass is 341 g/mol. The molecular formula is C15H24BrN3O. The molecule has 1 aliphatic rings. The topological polar surface area (TPSA) is 47.0 Å². The van der Waals surface area contributed by atoms with Gasteiger partial charge in [0.25, 0.3) is 0 Å². The van der Waals surface area contributed by atoms with Crippen molar-refractivity contribution in [2.24, 2.45) is 0 Å². The zero-order valence-corrected chi connectivity index (χ0v) is 14.2. The maximum absolute atomic E-state index is 5.87. The lowest BCUT2D eigenvalue weighted by molar-refractivity contribution is -0.0515. The summed E-state index contributed by atoms with van der Waals surface area (Å²) in [5.41, 5.74) is 0.750. The summed E-state index contributed by atoms with van der Waals surface area (Å²) in [5, 5.41) is 3.32. The molecule has 0 radical (unpaired) electrons. The molecule has 1 N–H and O–H groups in total. The van der Waals surface area contributed by atoms with E-state index in [9.17, 15) is 0 Å². The molecule has 0 atom stereocenters. The number of aryl methyl sites for hydroxylation is 1. The first-order chi connectivity index (χ1) is 9.66. The first kappa shape index (κ1) is 15.7. The number of anilines is 1. The molecule has 0 aromatic carbocycles. The van der Waals surface area contributed by atoms with Crippen LogP contribution >= 0.6 is 15.9 Å². The predicted octanol–water partition coefficient (Wildman–Crippen LogP) is 4.04. The summed E-state index contributed by atoms with van der Waals surface area (Å²) in [4.78, 5) is 9.52. The number of methoxy groups -OCH3 is 1. The van der Waals surface area contributed by atoms with Gasteiger partial charge in [0.05, 0.1) is 10.2 Å². The molecule has 5 heteroatoms. The van der Waals surface area contributed by atoms with Gasteiger partial charge in [0.1, 0.15) is 11.4 Å². The number of ether oxygens (including phenoxy) is 1. The van der Waals surface area contributed by atoms with Crippen molar-refractivity contribution >= 4 is 21.7 Å².